The Hall–Kier alpha value is -2.58. The maximum Gasteiger partial charge on any atom is 0.261 e. The highest BCUT2D eigenvalue weighted by atomic mass is 32.1. The van der Waals surface area contributed by atoms with Crippen molar-refractivity contribution in [3.8, 4) is 0 Å². The summed E-state index contributed by atoms with van der Waals surface area (Å²) in [5.74, 6) is 0.653. The largest absolute Gasteiger partial charge is 0.376 e. The monoisotopic (exact) mass is 383 g/mol. The number of hydrogen-bond donors (Lipinski definition) is 2. The van der Waals surface area contributed by atoms with Gasteiger partial charge in [0.2, 0.25) is 0 Å². The maximum absolute atomic E-state index is 12.7. The molecule has 0 bridgehead atoms. The molecule has 1 fully saturated rings. The average molecular weight is 383 g/mol. The predicted molar refractivity (Wildman–Crippen MR) is 105 cm³/mol. The van der Waals surface area contributed by atoms with Crippen molar-refractivity contribution in [1.82, 2.24) is 20.3 Å². The molecule has 1 aliphatic heterocycles. The quantitative estimate of drug-likeness (QED) is 0.680. The molecule has 0 saturated carbocycles. The fourth-order valence-electron chi connectivity index (χ4n) is 3.20. The van der Waals surface area contributed by atoms with Gasteiger partial charge in [-0.3, -0.25) is 9.78 Å². The Balaban J connectivity index is 1.52. The van der Waals surface area contributed by atoms with Gasteiger partial charge in [-0.1, -0.05) is 6.07 Å². The van der Waals surface area contributed by atoms with Crippen LogP contribution in [0.3, 0.4) is 0 Å². The summed E-state index contributed by atoms with van der Waals surface area (Å²) in [6, 6.07) is 3.79. The molecule has 1 aliphatic rings. The van der Waals surface area contributed by atoms with Gasteiger partial charge in [-0.25, -0.2) is 9.97 Å². The van der Waals surface area contributed by atoms with E-state index in [0.29, 0.717) is 18.0 Å². The summed E-state index contributed by atoms with van der Waals surface area (Å²) >= 11 is 1.39. The number of anilines is 1. The zero-order valence-corrected chi connectivity index (χ0v) is 15.9. The van der Waals surface area contributed by atoms with E-state index < -0.39 is 0 Å². The highest BCUT2D eigenvalue weighted by Gasteiger charge is 2.20. The average Bonchev–Trinajstić information content (AvgIpc) is 3.34. The minimum absolute atomic E-state index is 0.107. The predicted octanol–water partition coefficient (Wildman–Crippen LogP) is 2.92. The van der Waals surface area contributed by atoms with Crippen LogP contribution >= 0.6 is 11.3 Å². The van der Waals surface area contributed by atoms with E-state index in [1.807, 2.05) is 19.1 Å². The van der Waals surface area contributed by atoms with E-state index in [-0.39, 0.29) is 12.0 Å². The lowest BCUT2D eigenvalue weighted by molar-refractivity contribution is 0.0954. The number of aromatic nitrogens is 3. The van der Waals surface area contributed by atoms with E-state index in [2.05, 4.69) is 25.6 Å². The summed E-state index contributed by atoms with van der Waals surface area (Å²) < 4.78 is 5.66. The second-order valence-corrected chi connectivity index (χ2v) is 7.52. The molecule has 3 aromatic heterocycles. The molecule has 2 N–H and O–H groups in total. The Labute approximate surface area is 161 Å². The molecule has 3 aromatic rings. The molecule has 27 heavy (non-hydrogen) atoms. The van der Waals surface area contributed by atoms with E-state index in [0.717, 1.165) is 46.6 Å². The summed E-state index contributed by atoms with van der Waals surface area (Å²) in [6.07, 6.45) is 7.38. The molecule has 8 heteroatoms. The van der Waals surface area contributed by atoms with Crippen molar-refractivity contribution in [3.05, 3.63) is 46.9 Å². The number of pyridine rings is 1. The van der Waals surface area contributed by atoms with Crippen LogP contribution in [0.5, 0.6) is 0 Å². The van der Waals surface area contributed by atoms with Crippen LogP contribution in [0.1, 0.15) is 33.6 Å². The number of carbonyl (C=O) groups is 1. The number of nitrogens with zero attached hydrogens (tertiary/aromatic N) is 3. The zero-order valence-electron chi connectivity index (χ0n) is 15.1. The third-order valence-corrected chi connectivity index (χ3v) is 5.83. The van der Waals surface area contributed by atoms with Crippen LogP contribution in [0.25, 0.3) is 10.2 Å². The molecule has 0 unspecified atom stereocenters. The van der Waals surface area contributed by atoms with Crippen LogP contribution in [-0.4, -0.2) is 40.1 Å². The standard InChI is InChI=1S/C19H21N5O2S/c1-12-15-17(21-10-14-5-3-7-26-14)23-11-24-19(15)27-16(12)18(25)22-9-13-4-2-6-20-8-13/h2,4,6,8,11,14H,3,5,7,9-10H2,1H3,(H,22,25)(H,21,23,24)/t14-/m1/s1. The highest BCUT2D eigenvalue weighted by Crippen LogP contribution is 2.33. The lowest BCUT2D eigenvalue weighted by Crippen LogP contribution is -2.22. The summed E-state index contributed by atoms with van der Waals surface area (Å²) in [4.78, 5) is 26.9. The van der Waals surface area contributed by atoms with Gasteiger partial charge in [-0.05, 0) is 37.0 Å². The number of rotatable bonds is 6. The molecule has 1 amide bonds. The molecule has 0 aromatic carbocycles. The number of thiophene rings is 1. The molecular formula is C19H21N5O2S. The fraction of sp³-hybridized carbons (Fsp3) is 0.368. The number of amides is 1. The van der Waals surface area contributed by atoms with Crippen LogP contribution in [0, 0.1) is 6.92 Å². The Morgan fingerprint density at radius 2 is 2.33 bits per heavy atom. The van der Waals surface area contributed by atoms with Crippen molar-refractivity contribution in [2.75, 3.05) is 18.5 Å². The molecule has 140 valence electrons. The number of aryl methyl sites for hydroxylation is 1. The van der Waals surface area contributed by atoms with Gasteiger partial charge in [-0.2, -0.15) is 0 Å². The van der Waals surface area contributed by atoms with Gasteiger partial charge in [0.05, 0.1) is 16.4 Å². The second-order valence-electron chi connectivity index (χ2n) is 6.52. The van der Waals surface area contributed by atoms with E-state index >= 15 is 0 Å². The number of nitrogens with one attached hydrogen (secondary N) is 2. The summed E-state index contributed by atoms with van der Waals surface area (Å²) in [5.41, 5.74) is 1.86. The first-order valence-corrected chi connectivity index (χ1v) is 9.80. The van der Waals surface area contributed by atoms with Crippen molar-refractivity contribution in [2.24, 2.45) is 0 Å². The van der Waals surface area contributed by atoms with Gasteiger partial charge in [0, 0.05) is 32.1 Å². The molecule has 1 saturated heterocycles. The van der Waals surface area contributed by atoms with Gasteiger partial charge in [0.25, 0.3) is 5.91 Å². The first-order chi connectivity index (χ1) is 13.2. The first-order valence-electron chi connectivity index (χ1n) is 8.99. The first kappa shape index (κ1) is 17.8. The maximum atomic E-state index is 12.7. The molecular weight excluding hydrogens is 362 g/mol. The van der Waals surface area contributed by atoms with Crippen molar-refractivity contribution < 1.29 is 9.53 Å². The van der Waals surface area contributed by atoms with Crippen molar-refractivity contribution in [2.45, 2.75) is 32.4 Å². The van der Waals surface area contributed by atoms with Gasteiger partial charge >= 0.3 is 0 Å². The summed E-state index contributed by atoms with van der Waals surface area (Å²) in [5, 5.41) is 7.24. The van der Waals surface area contributed by atoms with Crippen molar-refractivity contribution >= 4 is 33.3 Å². The number of carbonyl (C=O) groups excluding carboxylic acids is 1. The minimum Gasteiger partial charge on any atom is -0.376 e. The molecule has 0 radical (unpaired) electrons. The Kier molecular flexibility index (Phi) is 5.26. The zero-order chi connectivity index (χ0) is 18.6. The Bertz CT molecular complexity index is 938. The van der Waals surface area contributed by atoms with Crippen LogP contribution in [0.4, 0.5) is 5.82 Å². The Morgan fingerprint density at radius 1 is 1.41 bits per heavy atom. The third kappa shape index (κ3) is 3.91. The highest BCUT2D eigenvalue weighted by molar-refractivity contribution is 7.20. The lowest BCUT2D eigenvalue weighted by atomic mass is 10.2. The second kappa shape index (κ2) is 7.98. The van der Waals surface area contributed by atoms with E-state index in [1.54, 1.807) is 12.4 Å². The minimum atomic E-state index is -0.107. The van der Waals surface area contributed by atoms with Gasteiger partial charge in [-0.15, -0.1) is 11.3 Å². The number of fused-ring (bicyclic) bond motifs is 1. The summed E-state index contributed by atoms with van der Waals surface area (Å²) in [7, 11) is 0. The normalized spacial score (nSPS) is 16.6. The van der Waals surface area contributed by atoms with Gasteiger partial charge < -0.3 is 15.4 Å². The molecule has 4 heterocycles. The lowest BCUT2D eigenvalue weighted by Gasteiger charge is -2.12. The fourth-order valence-corrected chi connectivity index (χ4v) is 4.27. The van der Waals surface area contributed by atoms with Crippen LogP contribution in [-0.2, 0) is 11.3 Å². The van der Waals surface area contributed by atoms with E-state index in [4.69, 9.17) is 4.74 Å². The van der Waals surface area contributed by atoms with Gasteiger partial charge in [0.1, 0.15) is 17.0 Å². The van der Waals surface area contributed by atoms with Crippen LogP contribution < -0.4 is 10.6 Å². The summed E-state index contributed by atoms with van der Waals surface area (Å²) in [6.45, 7) is 3.92. The van der Waals surface area contributed by atoms with Crippen molar-refractivity contribution in [3.63, 3.8) is 0 Å². The van der Waals surface area contributed by atoms with Crippen LogP contribution in [0.2, 0.25) is 0 Å². The SMILES string of the molecule is Cc1c(C(=O)NCc2cccnc2)sc2ncnc(NC[C@H]3CCCO3)c12. The topological polar surface area (TPSA) is 89.0 Å². The van der Waals surface area contributed by atoms with E-state index in [1.165, 1.54) is 17.7 Å². The van der Waals surface area contributed by atoms with E-state index in [9.17, 15) is 4.79 Å². The molecule has 4 rings (SSSR count). The molecule has 0 aliphatic carbocycles. The third-order valence-electron chi connectivity index (χ3n) is 4.63. The number of ether oxygens (including phenoxy) is 1. The molecule has 1 atom stereocenters. The molecule has 0 spiro atoms. The van der Waals surface area contributed by atoms with Gasteiger partial charge in [0.15, 0.2) is 0 Å². The Morgan fingerprint density at radius 3 is 3.11 bits per heavy atom. The van der Waals surface area contributed by atoms with Crippen molar-refractivity contribution in [1.29, 1.82) is 0 Å². The van der Waals surface area contributed by atoms with Crippen LogP contribution in [0.15, 0.2) is 30.9 Å². The smallest absolute Gasteiger partial charge is 0.261 e. The number of hydrogen-bond acceptors (Lipinski definition) is 7. The molecule has 7 nitrogen and oxygen atoms in total.